The van der Waals surface area contributed by atoms with E-state index in [1.165, 1.54) is 30.2 Å². The number of nitrogens with zero attached hydrogens (tertiary/aromatic N) is 1. The number of aromatic hydroxyl groups is 1. The molecule has 1 atom stereocenters. The van der Waals surface area contributed by atoms with Gasteiger partial charge in [-0.15, -0.1) is 0 Å². The van der Waals surface area contributed by atoms with Gasteiger partial charge in [0.25, 0.3) is 5.91 Å². The van der Waals surface area contributed by atoms with Gasteiger partial charge in [0.05, 0.1) is 7.11 Å². The topological polar surface area (TPSA) is 119 Å². The lowest BCUT2D eigenvalue weighted by molar-refractivity contribution is -0.143. The zero-order valence-electron chi connectivity index (χ0n) is 13.4. The van der Waals surface area contributed by atoms with E-state index in [0.717, 1.165) is 12.8 Å². The fourth-order valence-corrected chi connectivity index (χ4v) is 2.62. The van der Waals surface area contributed by atoms with E-state index < -0.39 is 30.4 Å². The van der Waals surface area contributed by atoms with E-state index in [4.69, 9.17) is 15.2 Å². The number of likely N-dealkylation sites (tertiary alicyclic amines) is 1. The summed E-state index contributed by atoms with van der Waals surface area (Å²) in [5.74, 6) is -1.81. The minimum absolute atomic E-state index is 0.0753. The fourth-order valence-electron chi connectivity index (χ4n) is 2.62. The van der Waals surface area contributed by atoms with Crippen molar-refractivity contribution in [3.63, 3.8) is 0 Å². The van der Waals surface area contributed by atoms with Crippen molar-refractivity contribution in [2.45, 2.75) is 25.3 Å². The predicted molar refractivity (Wildman–Crippen MR) is 83.5 cm³/mol. The molecule has 8 heteroatoms. The lowest BCUT2D eigenvalue weighted by Crippen LogP contribution is -2.51. The number of carbonyl (C=O) groups is 3. The lowest BCUT2D eigenvalue weighted by atomic mass is 10.0. The van der Waals surface area contributed by atoms with Crippen LogP contribution in [0.5, 0.6) is 11.5 Å². The van der Waals surface area contributed by atoms with Gasteiger partial charge in [0, 0.05) is 12.6 Å². The van der Waals surface area contributed by atoms with E-state index in [1.807, 2.05) is 0 Å². The van der Waals surface area contributed by atoms with Crippen LogP contribution in [0.4, 0.5) is 0 Å². The number of primary amides is 1. The minimum atomic E-state index is -0.837. The third-order valence-corrected chi connectivity index (χ3v) is 3.90. The van der Waals surface area contributed by atoms with E-state index in [9.17, 15) is 19.5 Å². The van der Waals surface area contributed by atoms with Crippen LogP contribution >= 0.6 is 0 Å². The summed E-state index contributed by atoms with van der Waals surface area (Å²) in [5.41, 5.74) is 5.23. The maximum absolute atomic E-state index is 12.2. The van der Waals surface area contributed by atoms with Crippen molar-refractivity contribution >= 4 is 17.8 Å². The number of hydrogen-bond donors (Lipinski definition) is 2. The number of phenols is 1. The highest BCUT2D eigenvalue weighted by Gasteiger charge is 2.31. The first-order chi connectivity index (χ1) is 11.4. The van der Waals surface area contributed by atoms with Gasteiger partial charge < -0.3 is 25.2 Å². The fraction of sp³-hybridized carbons (Fsp3) is 0.438. The second kappa shape index (κ2) is 7.67. The third kappa shape index (κ3) is 3.95. The molecule has 1 heterocycles. The van der Waals surface area contributed by atoms with E-state index in [0.29, 0.717) is 18.7 Å². The van der Waals surface area contributed by atoms with Crippen molar-refractivity contribution in [2.24, 2.45) is 5.73 Å². The van der Waals surface area contributed by atoms with E-state index >= 15 is 0 Å². The Morgan fingerprint density at radius 3 is 2.71 bits per heavy atom. The molecule has 0 aromatic heterocycles. The predicted octanol–water partition coefficient (Wildman–Crippen LogP) is 0.424. The molecule has 1 saturated heterocycles. The molecule has 24 heavy (non-hydrogen) atoms. The van der Waals surface area contributed by atoms with Crippen LogP contribution in [0, 0.1) is 0 Å². The van der Waals surface area contributed by atoms with Crippen LogP contribution in [0.1, 0.15) is 29.6 Å². The summed E-state index contributed by atoms with van der Waals surface area (Å²) in [5, 5.41) is 9.78. The molecule has 2 rings (SSSR count). The first kappa shape index (κ1) is 17.6. The molecule has 1 aromatic carbocycles. The number of rotatable bonds is 5. The smallest absolute Gasteiger partial charge is 0.342 e. The SMILES string of the molecule is COc1ccc(C(=O)OCC(=O)N2CCCC[C@H]2C(N)=O)c(O)c1. The maximum atomic E-state index is 12.2. The Balaban J connectivity index is 1.98. The van der Waals surface area contributed by atoms with Gasteiger partial charge in [-0.1, -0.05) is 0 Å². The summed E-state index contributed by atoms with van der Waals surface area (Å²) in [6, 6.07) is 3.44. The van der Waals surface area contributed by atoms with Crippen LogP contribution in [-0.2, 0) is 14.3 Å². The van der Waals surface area contributed by atoms with Crippen molar-refractivity contribution in [3.8, 4) is 11.5 Å². The van der Waals surface area contributed by atoms with E-state index in [2.05, 4.69) is 0 Å². The molecular formula is C16H20N2O6. The quantitative estimate of drug-likeness (QED) is 0.752. The average Bonchev–Trinajstić information content (AvgIpc) is 2.59. The molecule has 1 fully saturated rings. The molecule has 2 amide bonds. The molecule has 1 aliphatic heterocycles. The van der Waals surface area contributed by atoms with E-state index in [1.54, 1.807) is 0 Å². The first-order valence-corrected chi connectivity index (χ1v) is 7.57. The zero-order chi connectivity index (χ0) is 17.7. The lowest BCUT2D eigenvalue weighted by Gasteiger charge is -2.33. The standard InChI is InChI=1S/C16H20N2O6/c1-23-10-5-6-11(13(19)8-10)16(22)24-9-14(20)18-7-3-2-4-12(18)15(17)21/h5-6,8,12,19H,2-4,7,9H2,1H3,(H2,17,21)/t12-/m0/s1. The molecule has 1 aliphatic rings. The highest BCUT2D eigenvalue weighted by Crippen LogP contribution is 2.24. The molecule has 0 bridgehead atoms. The van der Waals surface area contributed by atoms with Crippen LogP contribution in [-0.4, -0.2) is 54.1 Å². The highest BCUT2D eigenvalue weighted by molar-refractivity contribution is 5.94. The number of nitrogens with two attached hydrogens (primary N) is 1. The van der Waals surface area contributed by atoms with Crippen molar-refractivity contribution in [1.82, 2.24) is 4.90 Å². The average molecular weight is 336 g/mol. The Bertz CT molecular complexity index is 645. The molecule has 3 N–H and O–H groups in total. The highest BCUT2D eigenvalue weighted by atomic mass is 16.5. The molecule has 0 spiro atoms. The second-order valence-corrected chi connectivity index (χ2v) is 5.46. The normalized spacial score (nSPS) is 17.2. The number of benzene rings is 1. The number of esters is 1. The van der Waals surface area contributed by atoms with Crippen molar-refractivity contribution in [1.29, 1.82) is 0 Å². The second-order valence-electron chi connectivity index (χ2n) is 5.46. The van der Waals surface area contributed by atoms with Crippen molar-refractivity contribution < 1.29 is 29.0 Å². The molecule has 130 valence electrons. The molecule has 0 saturated carbocycles. The van der Waals surface area contributed by atoms with Crippen LogP contribution in [0.3, 0.4) is 0 Å². The van der Waals surface area contributed by atoms with Gasteiger partial charge in [-0.25, -0.2) is 4.79 Å². The van der Waals surface area contributed by atoms with Gasteiger partial charge >= 0.3 is 5.97 Å². The molecule has 1 aromatic rings. The number of piperidine rings is 1. The number of methoxy groups -OCH3 is 1. The molecule has 0 unspecified atom stereocenters. The monoisotopic (exact) mass is 336 g/mol. The number of phenolic OH excluding ortho intramolecular Hbond substituents is 1. The number of carbonyl (C=O) groups excluding carboxylic acids is 3. The Morgan fingerprint density at radius 1 is 1.33 bits per heavy atom. The van der Waals surface area contributed by atoms with Gasteiger partial charge in [0.1, 0.15) is 23.1 Å². The summed E-state index contributed by atoms with van der Waals surface area (Å²) in [4.78, 5) is 36.9. The summed E-state index contributed by atoms with van der Waals surface area (Å²) < 4.78 is 9.87. The van der Waals surface area contributed by atoms with Gasteiger partial charge in [0.15, 0.2) is 6.61 Å². The van der Waals surface area contributed by atoms with Crippen LogP contribution < -0.4 is 10.5 Å². The third-order valence-electron chi connectivity index (χ3n) is 3.90. The first-order valence-electron chi connectivity index (χ1n) is 7.57. The largest absolute Gasteiger partial charge is 0.507 e. The van der Waals surface area contributed by atoms with E-state index in [-0.39, 0.29) is 11.3 Å². The molecule has 0 radical (unpaired) electrons. The number of ether oxygens (including phenoxy) is 2. The van der Waals surface area contributed by atoms with Gasteiger partial charge in [-0.2, -0.15) is 0 Å². The summed E-state index contributed by atoms with van der Waals surface area (Å²) in [6.45, 7) is -0.119. The van der Waals surface area contributed by atoms with Crippen LogP contribution in [0.25, 0.3) is 0 Å². The van der Waals surface area contributed by atoms with Gasteiger partial charge in [0.2, 0.25) is 5.91 Å². The molecular weight excluding hydrogens is 316 g/mol. The Morgan fingerprint density at radius 2 is 2.08 bits per heavy atom. The maximum Gasteiger partial charge on any atom is 0.342 e. The number of amides is 2. The molecule has 8 nitrogen and oxygen atoms in total. The summed E-state index contributed by atoms with van der Waals surface area (Å²) in [6.07, 6.45) is 2.09. The van der Waals surface area contributed by atoms with Gasteiger partial charge in [-0.3, -0.25) is 9.59 Å². The van der Waals surface area contributed by atoms with Gasteiger partial charge in [-0.05, 0) is 31.4 Å². The summed E-state index contributed by atoms with van der Waals surface area (Å²) in [7, 11) is 1.43. The molecule has 0 aliphatic carbocycles. The van der Waals surface area contributed by atoms with Crippen molar-refractivity contribution in [3.05, 3.63) is 23.8 Å². The zero-order valence-corrected chi connectivity index (χ0v) is 13.4. The minimum Gasteiger partial charge on any atom is -0.507 e. The van der Waals surface area contributed by atoms with Crippen LogP contribution in [0.15, 0.2) is 18.2 Å². The number of hydrogen-bond acceptors (Lipinski definition) is 6. The van der Waals surface area contributed by atoms with Crippen molar-refractivity contribution in [2.75, 3.05) is 20.3 Å². The Hall–Kier alpha value is -2.77. The van der Waals surface area contributed by atoms with Crippen LogP contribution in [0.2, 0.25) is 0 Å². The Kier molecular flexibility index (Phi) is 5.62. The Labute approximate surface area is 139 Å². The summed E-state index contributed by atoms with van der Waals surface area (Å²) >= 11 is 0.